The number of anilines is 1. The minimum Gasteiger partial charge on any atom is -0.497 e. The summed E-state index contributed by atoms with van der Waals surface area (Å²) in [6, 6.07) is 15.9. The largest absolute Gasteiger partial charge is 0.497 e. The van der Waals surface area contributed by atoms with Crippen molar-refractivity contribution >= 4 is 11.6 Å². The second kappa shape index (κ2) is 7.23. The highest BCUT2D eigenvalue weighted by atomic mass is 16.5. The molecular formula is C18H15N3O3. The summed E-state index contributed by atoms with van der Waals surface area (Å²) in [6.07, 6.45) is 3.19. The molecule has 0 fully saturated rings. The summed E-state index contributed by atoms with van der Waals surface area (Å²) >= 11 is 0. The molecule has 6 heteroatoms. The highest BCUT2D eigenvalue weighted by Gasteiger charge is 2.08. The molecule has 1 heterocycles. The third kappa shape index (κ3) is 3.86. The number of methoxy groups -OCH3 is 1. The van der Waals surface area contributed by atoms with Gasteiger partial charge in [0.15, 0.2) is 0 Å². The van der Waals surface area contributed by atoms with Gasteiger partial charge in [0.05, 0.1) is 7.11 Å². The molecule has 0 unspecified atom stereocenters. The molecule has 0 saturated carbocycles. The van der Waals surface area contributed by atoms with Crippen molar-refractivity contribution in [2.45, 2.75) is 0 Å². The van der Waals surface area contributed by atoms with Crippen LogP contribution in [-0.2, 0) is 0 Å². The van der Waals surface area contributed by atoms with Crippen LogP contribution in [0.2, 0.25) is 0 Å². The first-order valence-corrected chi connectivity index (χ1v) is 7.25. The van der Waals surface area contributed by atoms with Gasteiger partial charge in [0.25, 0.3) is 5.91 Å². The number of hydrogen-bond acceptors (Lipinski definition) is 5. The lowest BCUT2D eigenvalue weighted by Gasteiger charge is -2.08. The predicted molar refractivity (Wildman–Crippen MR) is 89.5 cm³/mol. The summed E-state index contributed by atoms with van der Waals surface area (Å²) in [7, 11) is 1.56. The fourth-order valence-corrected chi connectivity index (χ4v) is 2.05. The van der Waals surface area contributed by atoms with Crippen molar-refractivity contribution in [3.05, 3.63) is 72.6 Å². The lowest BCUT2D eigenvalue weighted by molar-refractivity contribution is 0.102. The van der Waals surface area contributed by atoms with Gasteiger partial charge in [-0.15, -0.1) is 0 Å². The molecule has 1 amide bonds. The molecule has 0 aliphatic carbocycles. The van der Waals surface area contributed by atoms with E-state index in [4.69, 9.17) is 9.47 Å². The van der Waals surface area contributed by atoms with Crippen LogP contribution in [0.3, 0.4) is 0 Å². The van der Waals surface area contributed by atoms with Gasteiger partial charge in [-0.3, -0.25) is 4.79 Å². The molecule has 0 bridgehead atoms. The fourth-order valence-electron chi connectivity index (χ4n) is 2.05. The third-order valence-electron chi connectivity index (χ3n) is 3.18. The number of aromatic nitrogens is 2. The highest BCUT2D eigenvalue weighted by Crippen LogP contribution is 2.22. The fraction of sp³-hybridized carbons (Fsp3) is 0.0556. The Balaban J connectivity index is 1.73. The Morgan fingerprint density at radius 1 is 0.958 bits per heavy atom. The van der Waals surface area contributed by atoms with Crippen LogP contribution in [0.1, 0.15) is 10.4 Å². The molecule has 6 nitrogen and oxygen atoms in total. The normalized spacial score (nSPS) is 10.0. The van der Waals surface area contributed by atoms with Crippen LogP contribution < -0.4 is 14.8 Å². The number of carbonyl (C=O) groups is 1. The molecule has 3 rings (SSSR count). The number of benzene rings is 2. The van der Waals surface area contributed by atoms with Crippen LogP contribution in [0, 0.1) is 0 Å². The molecule has 120 valence electrons. The number of nitrogens with one attached hydrogen (secondary N) is 1. The lowest BCUT2D eigenvalue weighted by Crippen LogP contribution is -2.11. The molecule has 0 aliphatic rings. The lowest BCUT2D eigenvalue weighted by atomic mass is 10.2. The van der Waals surface area contributed by atoms with E-state index in [1.165, 1.54) is 0 Å². The average Bonchev–Trinajstić information content (AvgIpc) is 2.63. The van der Waals surface area contributed by atoms with Crippen molar-refractivity contribution in [2.24, 2.45) is 0 Å². The Morgan fingerprint density at radius 3 is 2.50 bits per heavy atom. The maximum Gasteiger partial charge on any atom is 0.321 e. The Morgan fingerprint density at radius 2 is 1.71 bits per heavy atom. The van der Waals surface area contributed by atoms with E-state index < -0.39 is 0 Å². The maximum atomic E-state index is 12.3. The number of nitrogens with zero attached hydrogens (tertiary/aromatic N) is 2. The van der Waals surface area contributed by atoms with Crippen molar-refractivity contribution in [3.8, 4) is 17.5 Å². The molecule has 0 radical (unpaired) electrons. The molecule has 0 aliphatic heterocycles. The van der Waals surface area contributed by atoms with Gasteiger partial charge in [-0.25, -0.2) is 9.97 Å². The summed E-state index contributed by atoms with van der Waals surface area (Å²) in [6.45, 7) is 0. The van der Waals surface area contributed by atoms with Gasteiger partial charge in [0.2, 0.25) is 0 Å². The number of hydrogen-bond donors (Lipinski definition) is 1. The first kappa shape index (κ1) is 15.5. The minimum absolute atomic E-state index is 0.234. The van der Waals surface area contributed by atoms with Gasteiger partial charge in [-0.05, 0) is 36.4 Å². The van der Waals surface area contributed by atoms with Crippen LogP contribution in [0.4, 0.5) is 5.69 Å². The van der Waals surface area contributed by atoms with E-state index in [0.29, 0.717) is 22.7 Å². The summed E-state index contributed by atoms with van der Waals surface area (Å²) in [5.74, 6) is 0.924. The molecule has 0 atom stereocenters. The smallest absolute Gasteiger partial charge is 0.321 e. The number of rotatable bonds is 5. The summed E-state index contributed by atoms with van der Waals surface area (Å²) in [5, 5.41) is 2.82. The molecular weight excluding hydrogens is 306 g/mol. The van der Waals surface area contributed by atoms with Crippen molar-refractivity contribution in [1.82, 2.24) is 9.97 Å². The monoisotopic (exact) mass is 321 g/mol. The van der Waals surface area contributed by atoms with Crippen LogP contribution >= 0.6 is 0 Å². The van der Waals surface area contributed by atoms with E-state index in [0.717, 1.165) is 0 Å². The van der Waals surface area contributed by atoms with Crippen molar-refractivity contribution in [3.63, 3.8) is 0 Å². The number of carbonyl (C=O) groups excluding carboxylic acids is 1. The first-order chi connectivity index (χ1) is 11.7. The van der Waals surface area contributed by atoms with Gasteiger partial charge in [-0.1, -0.05) is 12.1 Å². The second-order valence-corrected chi connectivity index (χ2v) is 4.85. The zero-order chi connectivity index (χ0) is 16.8. The average molecular weight is 321 g/mol. The highest BCUT2D eigenvalue weighted by molar-refractivity contribution is 6.04. The Hall–Kier alpha value is -3.41. The van der Waals surface area contributed by atoms with Gasteiger partial charge >= 0.3 is 6.01 Å². The third-order valence-corrected chi connectivity index (χ3v) is 3.18. The van der Waals surface area contributed by atoms with E-state index in [9.17, 15) is 4.79 Å². The SMILES string of the molecule is COc1cccc(C(=O)Nc2cccc(Oc3ncccn3)c2)c1. The first-order valence-electron chi connectivity index (χ1n) is 7.25. The molecule has 1 N–H and O–H groups in total. The standard InChI is InChI=1S/C18H15N3O3/c1-23-15-7-2-5-13(11-15)17(22)21-14-6-3-8-16(12-14)24-18-19-9-4-10-20-18/h2-12H,1H3,(H,21,22). The Labute approximate surface area is 139 Å². The zero-order valence-electron chi connectivity index (χ0n) is 13.0. The minimum atomic E-state index is -0.234. The van der Waals surface area contributed by atoms with Gasteiger partial charge in [0, 0.05) is 29.7 Å². The molecule has 0 spiro atoms. The molecule has 0 saturated heterocycles. The summed E-state index contributed by atoms with van der Waals surface area (Å²) in [5.41, 5.74) is 1.11. The van der Waals surface area contributed by atoms with Gasteiger partial charge < -0.3 is 14.8 Å². The van der Waals surface area contributed by atoms with Crippen LogP contribution in [0.5, 0.6) is 17.5 Å². The molecule has 3 aromatic rings. The molecule has 1 aromatic heterocycles. The summed E-state index contributed by atoms with van der Waals surface area (Å²) in [4.78, 5) is 20.3. The van der Waals surface area contributed by atoms with Crippen molar-refractivity contribution in [1.29, 1.82) is 0 Å². The van der Waals surface area contributed by atoms with E-state index in [2.05, 4.69) is 15.3 Å². The zero-order valence-corrected chi connectivity index (χ0v) is 13.0. The number of ether oxygens (including phenoxy) is 2. The molecule has 24 heavy (non-hydrogen) atoms. The van der Waals surface area contributed by atoms with E-state index in [1.54, 1.807) is 74.1 Å². The Kier molecular flexibility index (Phi) is 4.67. The second-order valence-electron chi connectivity index (χ2n) is 4.85. The van der Waals surface area contributed by atoms with Crippen LogP contribution in [-0.4, -0.2) is 23.0 Å². The van der Waals surface area contributed by atoms with Crippen LogP contribution in [0.15, 0.2) is 67.0 Å². The van der Waals surface area contributed by atoms with Crippen LogP contribution in [0.25, 0.3) is 0 Å². The van der Waals surface area contributed by atoms with E-state index >= 15 is 0 Å². The van der Waals surface area contributed by atoms with E-state index in [1.807, 2.05) is 0 Å². The van der Waals surface area contributed by atoms with Gasteiger partial charge in [-0.2, -0.15) is 0 Å². The predicted octanol–water partition coefficient (Wildman–Crippen LogP) is 3.53. The number of amides is 1. The van der Waals surface area contributed by atoms with Crippen molar-refractivity contribution < 1.29 is 14.3 Å². The molecule has 2 aromatic carbocycles. The summed E-state index contributed by atoms with van der Waals surface area (Å²) < 4.78 is 10.7. The quantitative estimate of drug-likeness (QED) is 0.778. The van der Waals surface area contributed by atoms with Crippen molar-refractivity contribution in [2.75, 3.05) is 12.4 Å². The Bertz CT molecular complexity index is 838. The topological polar surface area (TPSA) is 73.3 Å². The maximum absolute atomic E-state index is 12.3. The van der Waals surface area contributed by atoms with Gasteiger partial charge in [0.1, 0.15) is 11.5 Å². The van der Waals surface area contributed by atoms with E-state index in [-0.39, 0.29) is 11.9 Å².